The fourth-order valence-electron chi connectivity index (χ4n) is 6.03. The Labute approximate surface area is 225 Å². The second-order valence-corrected chi connectivity index (χ2v) is 11.3. The highest BCUT2D eigenvalue weighted by molar-refractivity contribution is 5.96. The lowest BCUT2D eigenvalue weighted by Crippen LogP contribution is -2.39. The summed E-state index contributed by atoms with van der Waals surface area (Å²) in [4.78, 5) is 20.3. The van der Waals surface area contributed by atoms with Crippen LogP contribution < -0.4 is 0 Å². The Balaban J connectivity index is 1.71. The lowest BCUT2D eigenvalue weighted by atomic mass is 9.95. The summed E-state index contributed by atoms with van der Waals surface area (Å²) in [5.41, 5.74) is 7.01. The molecule has 0 spiro atoms. The van der Waals surface area contributed by atoms with Crippen LogP contribution in [0, 0.1) is 11.3 Å². The fraction of sp³-hybridized carbons (Fsp3) is 0.469. The van der Waals surface area contributed by atoms with Crippen molar-refractivity contribution in [2.45, 2.75) is 77.3 Å². The van der Waals surface area contributed by atoms with Gasteiger partial charge in [0.15, 0.2) is 0 Å². The van der Waals surface area contributed by atoms with Crippen molar-refractivity contribution in [2.24, 2.45) is 0 Å². The van der Waals surface area contributed by atoms with Crippen molar-refractivity contribution in [1.82, 2.24) is 14.5 Å². The SMILES string of the molecule is CC(C)c1cc(C(C)C)c2c(C#N)c(C=CC(=O)N(C)C3CCOCC3)n(C3CCc4ccccc43)c2n1. The minimum atomic E-state index is -0.0515. The first kappa shape index (κ1) is 26.2. The van der Waals surface area contributed by atoms with Gasteiger partial charge in [-0.05, 0) is 66.4 Å². The summed E-state index contributed by atoms with van der Waals surface area (Å²) in [6, 6.07) is 13.5. The van der Waals surface area contributed by atoms with Gasteiger partial charge in [-0.25, -0.2) is 4.98 Å². The first-order valence-electron chi connectivity index (χ1n) is 13.9. The Kier molecular flexibility index (Phi) is 7.40. The zero-order valence-corrected chi connectivity index (χ0v) is 23.2. The van der Waals surface area contributed by atoms with Crippen molar-refractivity contribution >= 4 is 23.0 Å². The zero-order valence-electron chi connectivity index (χ0n) is 23.2. The molecule has 0 bridgehead atoms. The number of rotatable bonds is 6. The summed E-state index contributed by atoms with van der Waals surface area (Å²) in [5.74, 6) is 0.439. The molecule has 1 atom stereocenters. The number of nitriles is 1. The van der Waals surface area contributed by atoms with Crippen LogP contribution in [0.1, 0.15) is 98.5 Å². The van der Waals surface area contributed by atoms with Crippen molar-refractivity contribution in [2.75, 3.05) is 20.3 Å². The predicted octanol–water partition coefficient (Wildman–Crippen LogP) is 6.34. The molecular formula is C32H38N4O2. The summed E-state index contributed by atoms with van der Waals surface area (Å²) < 4.78 is 7.72. The molecule has 1 unspecified atom stereocenters. The molecule has 0 saturated carbocycles. The fourth-order valence-corrected chi connectivity index (χ4v) is 6.03. The molecule has 1 aliphatic carbocycles. The van der Waals surface area contributed by atoms with Gasteiger partial charge in [0.25, 0.3) is 0 Å². The monoisotopic (exact) mass is 510 g/mol. The lowest BCUT2D eigenvalue weighted by Gasteiger charge is -2.30. The van der Waals surface area contributed by atoms with Gasteiger partial charge in [0, 0.05) is 43.5 Å². The van der Waals surface area contributed by atoms with Crippen LogP contribution in [0.2, 0.25) is 0 Å². The lowest BCUT2D eigenvalue weighted by molar-refractivity contribution is -0.128. The van der Waals surface area contributed by atoms with E-state index in [1.54, 1.807) is 6.08 Å². The molecule has 2 aliphatic rings. The maximum atomic E-state index is 13.3. The molecule has 2 aromatic heterocycles. The van der Waals surface area contributed by atoms with Gasteiger partial charge in [0.2, 0.25) is 5.91 Å². The van der Waals surface area contributed by atoms with Crippen molar-refractivity contribution in [3.05, 3.63) is 70.0 Å². The number of pyridine rings is 1. The molecule has 5 rings (SSSR count). The van der Waals surface area contributed by atoms with Gasteiger partial charge in [0.05, 0.1) is 17.3 Å². The number of likely N-dealkylation sites (N-methyl/N-ethyl adjacent to an activating group) is 1. The molecule has 1 saturated heterocycles. The average molecular weight is 511 g/mol. The highest BCUT2D eigenvalue weighted by atomic mass is 16.5. The topological polar surface area (TPSA) is 71.2 Å². The third-order valence-electron chi connectivity index (χ3n) is 8.25. The molecule has 3 heterocycles. The summed E-state index contributed by atoms with van der Waals surface area (Å²) in [5, 5.41) is 11.4. The van der Waals surface area contributed by atoms with Crippen LogP contribution in [0.5, 0.6) is 0 Å². The average Bonchev–Trinajstić information content (AvgIpc) is 3.49. The van der Waals surface area contributed by atoms with Crippen LogP contribution >= 0.6 is 0 Å². The number of aryl methyl sites for hydroxylation is 1. The van der Waals surface area contributed by atoms with E-state index < -0.39 is 0 Å². The van der Waals surface area contributed by atoms with Gasteiger partial charge in [-0.1, -0.05) is 52.0 Å². The Morgan fingerprint density at radius 1 is 1.16 bits per heavy atom. The number of carbonyl (C=O) groups excluding carboxylic acids is 1. The highest BCUT2D eigenvalue weighted by Crippen LogP contribution is 2.42. The molecular weight excluding hydrogens is 472 g/mol. The molecule has 1 fully saturated rings. The van der Waals surface area contributed by atoms with E-state index in [1.807, 2.05) is 18.0 Å². The number of aromatic nitrogens is 2. The van der Waals surface area contributed by atoms with E-state index in [1.165, 1.54) is 11.1 Å². The molecule has 6 heteroatoms. The van der Waals surface area contributed by atoms with E-state index in [4.69, 9.17) is 9.72 Å². The number of hydrogen-bond acceptors (Lipinski definition) is 4. The second kappa shape index (κ2) is 10.7. The molecule has 3 aromatic rings. The minimum Gasteiger partial charge on any atom is -0.381 e. The third kappa shape index (κ3) is 4.65. The van der Waals surface area contributed by atoms with Crippen molar-refractivity contribution in [3.63, 3.8) is 0 Å². The summed E-state index contributed by atoms with van der Waals surface area (Å²) in [7, 11) is 1.87. The molecule has 0 N–H and O–H groups in total. The summed E-state index contributed by atoms with van der Waals surface area (Å²) in [6.45, 7) is 10.0. The van der Waals surface area contributed by atoms with Crippen molar-refractivity contribution in [3.8, 4) is 6.07 Å². The number of nitrogens with zero attached hydrogens (tertiary/aromatic N) is 4. The zero-order chi connectivity index (χ0) is 27.0. The first-order chi connectivity index (χ1) is 18.3. The number of ether oxygens (including phenoxy) is 1. The van der Waals surface area contributed by atoms with Crippen LogP contribution in [-0.2, 0) is 16.0 Å². The molecule has 1 aromatic carbocycles. The first-order valence-corrected chi connectivity index (χ1v) is 13.9. The Morgan fingerprint density at radius 2 is 1.89 bits per heavy atom. The van der Waals surface area contributed by atoms with E-state index in [2.05, 4.69) is 68.7 Å². The highest BCUT2D eigenvalue weighted by Gasteiger charge is 2.31. The van der Waals surface area contributed by atoms with E-state index in [0.29, 0.717) is 18.8 Å². The normalized spacial score (nSPS) is 18.0. The smallest absolute Gasteiger partial charge is 0.246 e. The van der Waals surface area contributed by atoms with Crippen LogP contribution in [0.25, 0.3) is 17.1 Å². The van der Waals surface area contributed by atoms with Gasteiger partial charge in [-0.2, -0.15) is 5.26 Å². The van der Waals surface area contributed by atoms with Gasteiger partial charge in [-0.15, -0.1) is 0 Å². The third-order valence-corrected chi connectivity index (χ3v) is 8.25. The summed E-state index contributed by atoms with van der Waals surface area (Å²) in [6.07, 6.45) is 7.11. The maximum absolute atomic E-state index is 13.3. The van der Waals surface area contributed by atoms with Crippen LogP contribution in [0.4, 0.5) is 0 Å². The van der Waals surface area contributed by atoms with Gasteiger partial charge < -0.3 is 14.2 Å². The molecule has 1 aliphatic heterocycles. The second-order valence-electron chi connectivity index (χ2n) is 11.3. The quantitative estimate of drug-likeness (QED) is 0.363. The Morgan fingerprint density at radius 3 is 2.58 bits per heavy atom. The van der Waals surface area contributed by atoms with Crippen LogP contribution in [0.15, 0.2) is 36.4 Å². The number of benzene rings is 1. The Bertz CT molecular complexity index is 1420. The number of amides is 1. The van der Waals surface area contributed by atoms with E-state index in [9.17, 15) is 10.1 Å². The van der Waals surface area contributed by atoms with Crippen LogP contribution in [0.3, 0.4) is 0 Å². The largest absolute Gasteiger partial charge is 0.381 e. The number of carbonyl (C=O) groups is 1. The minimum absolute atomic E-state index is 0.0515. The van der Waals surface area contributed by atoms with Crippen molar-refractivity contribution in [1.29, 1.82) is 5.26 Å². The predicted molar refractivity (Wildman–Crippen MR) is 151 cm³/mol. The number of hydrogen-bond donors (Lipinski definition) is 0. The van der Waals surface area contributed by atoms with Crippen molar-refractivity contribution < 1.29 is 9.53 Å². The van der Waals surface area contributed by atoms with E-state index >= 15 is 0 Å². The molecule has 198 valence electrons. The summed E-state index contributed by atoms with van der Waals surface area (Å²) >= 11 is 0. The molecule has 38 heavy (non-hydrogen) atoms. The molecule has 0 radical (unpaired) electrons. The van der Waals surface area contributed by atoms with Gasteiger partial charge in [0.1, 0.15) is 11.7 Å². The molecule has 6 nitrogen and oxygen atoms in total. The molecule has 1 amide bonds. The maximum Gasteiger partial charge on any atom is 0.246 e. The standard InChI is InChI=1S/C32H38N4O2/c1-20(2)25-18-27(21(3)4)34-32-31(25)26(19-33)29(12-13-30(37)35(5)23-14-16-38-17-15-23)36(32)28-11-10-22-8-6-7-9-24(22)28/h6-9,12-13,18,20-21,23,28H,10-11,14-17H2,1-5H3. The number of fused-ring (bicyclic) bond motifs is 2. The van der Waals surface area contributed by atoms with Gasteiger partial charge >= 0.3 is 0 Å². The van der Waals surface area contributed by atoms with Gasteiger partial charge in [-0.3, -0.25) is 4.79 Å². The Hall–Kier alpha value is -3.43. The van der Waals surface area contributed by atoms with E-state index in [0.717, 1.165) is 53.7 Å². The van der Waals surface area contributed by atoms with Crippen LogP contribution in [-0.4, -0.2) is 46.7 Å². The van der Waals surface area contributed by atoms with E-state index in [-0.39, 0.29) is 29.8 Å².